The van der Waals surface area contributed by atoms with Crippen molar-refractivity contribution in [1.29, 1.82) is 0 Å². The average molecular weight is 321 g/mol. The fourth-order valence-electron chi connectivity index (χ4n) is 3.52. The lowest BCUT2D eigenvalue weighted by molar-refractivity contribution is -0.0795. The molecule has 5 nitrogen and oxygen atoms in total. The second-order valence-electron chi connectivity index (χ2n) is 6.75. The third-order valence-corrected chi connectivity index (χ3v) is 4.86. The van der Waals surface area contributed by atoms with Crippen molar-refractivity contribution in [2.75, 3.05) is 32.9 Å². The first-order valence-electron chi connectivity index (χ1n) is 8.53. The van der Waals surface area contributed by atoms with Crippen molar-refractivity contribution >= 4 is 0 Å². The summed E-state index contributed by atoms with van der Waals surface area (Å²) in [6, 6.07) is 7.77. The number of aliphatic hydroxyl groups excluding tert-OH is 1. The summed E-state index contributed by atoms with van der Waals surface area (Å²) >= 11 is 0. The first kappa shape index (κ1) is 16.6. The molecule has 3 rings (SSSR count). The number of ether oxygens (including phenoxy) is 3. The van der Waals surface area contributed by atoms with Crippen LogP contribution in [0, 0.1) is 5.41 Å². The number of rotatable bonds is 6. The summed E-state index contributed by atoms with van der Waals surface area (Å²) in [5.74, 6) is 1.61. The summed E-state index contributed by atoms with van der Waals surface area (Å²) < 4.78 is 17.9. The summed E-state index contributed by atoms with van der Waals surface area (Å²) in [7, 11) is 0. The summed E-state index contributed by atoms with van der Waals surface area (Å²) in [6.45, 7) is 5.22. The zero-order valence-corrected chi connectivity index (χ0v) is 13.8. The van der Waals surface area contributed by atoms with Gasteiger partial charge in [0.05, 0.1) is 19.3 Å². The lowest BCUT2D eigenvalue weighted by atomic mass is 9.75. The largest absolute Gasteiger partial charge is 0.486 e. The normalized spacial score (nSPS) is 28.3. The van der Waals surface area contributed by atoms with E-state index in [1.165, 1.54) is 0 Å². The van der Waals surface area contributed by atoms with Crippen LogP contribution in [0.3, 0.4) is 0 Å². The minimum atomic E-state index is -0.0210. The van der Waals surface area contributed by atoms with Gasteiger partial charge in [0, 0.05) is 18.4 Å². The van der Waals surface area contributed by atoms with E-state index in [0.29, 0.717) is 13.2 Å². The maximum atomic E-state index is 9.14. The number of hydrogen-bond acceptors (Lipinski definition) is 5. The third-order valence-electron chi connectivity index (χ3n) is 4.86. The van der Waals surface area contributed by atoms with Gasteiger partial charge in [0.1, 0.15) is 12.7 Å². The predicted molar refractivity (Wildman–Crippen MR) is 88.0 cm³/mol. The molecule has 23 heavy (non-hydrogen) atoms. The highest BCUT2D eigenvalue weighted by molar-refractivity contribution is 5.40. The van der Waals surface area contributed by atoms with Gasteiger partial charge in [-0.15, -0.1) is 0 Å². The van der Waals surface area contributed by atoms with Gasteiger partial charge in [0.2, 0.25) is 0 Å². The average Bonchev–Trinajstić information content (AvgIpc) is 2.59. The number of hydrogen-bond donors (Lipinski definition) is 2. The molecule has 2 N–H and O–H groups in total. The maximum Gasteiger partial charge on any atom is 0.161 e. The quantitative estimate of drug-likeness (QED) is 0.839. The fraction of sp³-hybridized carbons (Fsp3) is 0.667. The monoisotopic (exact) mass is 321 g/mol. The number of aliphatic hydroxyl groups is 1. The second kappa shape index (κ2) is 7.51. The van der Waals surface area contributed by atoms with Gasteiger partial charge < -0.3 is 24.6 Å². The van der Waals surface area contributed by atoms with Gasteiger partial charge in [0.15, 0.2) is 11.5 Å². The van der Waals surface area contributed by atoms with Crippen LogP contribution in [0.2, 0.25) is 0 Å². The number of fused-ring (bicyclic) bond motifs is 1. The fourth-order valence-corrected chi connectivity index (χ4v) is 3.52. The highest BCUT2D eigenvalue weighted by atomic mass is 16.6. The molecule has 0 bridgehead atoms. The molecule has 0 spiro atoms. The minimum absolute atomic E-state index is 0.0210. The van der Waals surface area contributed by atoms with E-state index in [0.717, 1.165) is 43.9 Å². The van der Waals surface area contributed by atoms with Crippen molar-refractivity contribution in [2.45, 2.75) is 38.4 Å². The Kier molecular flexibility index (Phi) is 5.41. The third kappa shape index (κ3) is 3.97. The SMILES string of the molecule is CC1(C(CC2COc3ccccc3O2)OCCO)CCCNC1. The molecule has 1 fully saturated rings. The van der Waals surface area contributed by atoms with Crippen molar-refractivity contribution in [3.05, 3.63) is 24.3 Å². The molecule has 2 aliphatic heterocycles. The molecule has 1 aromatic rings. The Morgan fingerprint density at radius 2 is 2.22 bits per heavy atom. The Balaban J connectivity index is 1.66. The van der Waals surface area contributed by atoms with E-state index in [1.54, 1.807) is 0 Å². The molecule has 5 heteroatoms. The van der Waals surface area contributed by atoms with Gasteiger partial charge >= 0.3 is 0 Å². The smallest absolute Gasteiger partial charge is 0.161 e. The molecule has 0 saturated carbocycles. The van der Waals surface area contributed by atoms with Crippen LogP contribution in [0.25, 0.3) is 0 Å². The number of nitrogens with one attached hydrogen (secondary N) is 1. The number of para-hydroxylation sites is 2. The highest BCUT2D eigenvalue weighted by Crippen LogP contribution is 2.37. The molecule has 1 saturated heterocycles. The highest BCUT2D eigenvalue weighted by Gasteiger charge is 2.39. The first-order chi connectivity index (χ1) is 11.2. The Morgan fingerprint density at radius 1 is 1.39 bits per heavy atom. The van der Waals surface area contributed by atoms with Gasteiger partial charge in [-0.1, -0.05) is 19.1 Å². The Bertz CT molecular complexity index is 502. The topological polar surface area (TPSA) is 60.0 Å². The standard InChI is InChI=1S/C18H27NO4/c1-18(7-4-8-19-13-18)17(21-10-9-20)11-14-12-22-15-5-2-3-6-16(15)23-14/h2-3,5-6,14,17,19-20H,4,7-13H2,1H3. The van der Waals surface area contributed by atoms with E-state index >= 15 is 0 Å². The molecule has 128 valence electrons. The van der Waals surface area contributed by atoms with E-state index in [4.69, 9.17) is 19.3 Å². The van der Waals surface area contributed by atoms with Crippen LogP contribution < -0.4 is 14.8 Å². The van der Waals surface area contributed by atoms with Gasteiger partial charge in [-0.05, 0) is 31.5 Å². The molecule has 0 radical (unpaired) electrons. The van der Waals surface area contributed by atoms with Crippen molar-refractivity contribution in [1.82, 2.24) is 5.32 Å². The first-order valence-corrected chi connectivity index (χ1v) is 8.53. The molecular formula is C18H27NO4. The molecular weight excluding hydrogens is 294 g/mol. The van der Waals surface area contributed by atoms with E-state index in [9.17, 15) is 0 Å². The van der Waals surface area contributed by atoms with E-state index in [-0.39, 0.29) is 24.2 Å². The van der Waals surface area contributed by atoms with Gasteiger partial charge in [-0.2, -0.15) is 0 Å². The van der Waals surface area contributed by atoms with Crippen LogP contribution in [0.1, 0.15) is 26.2 Å². The van der Waals surface area contributed by atoms with Crippen LogP contribution in [0.5, 0.6) is 11.5 Å². The molecule has 3 unspecified atom stereocenters. The van der Waals surface area contributed by atoms with Crippen molar-refractivity contribution in [3.8, 4) is 11.5 Å². The van der Waals surface area contributed by atoms with Crippen molar-refractivity contribution in [3.63, 3.8) is 0 Å². The lowest BCUT2D eigenvalue weighted by Crippen LogP contribution is -2.49. The Hall–Kier alpha value is -1.30. The van der Waals surface area contributed by atoms with Gasteiger partial charge in [0.25, 0.3) is 0 Å². The molecule has 3 atom stereocenters. The molecule has 0 aromatic heterocycles. The van der Waals surface area contributed by atoms with Crippen molar-refractivity contribution < 1.29 is 19.3 Å². The summed E-state index contributed by atoms with van der Waals surface area (Å²) in [5, 5.41) is 12.6. The minimum Gasteiger partial charge on any atom is -0.486 e. The van der Waals surface area contributed by atoms with Crippen LogP contribution in [-0.4, -0.2) is 50.2 Å². The van der Waals surface area contributed by atoms with E-state index in [2.05, 4.69) is 12.2 Å². The number of piperidine rings is 1. The van der Waals surface area contributed by atoms with Crippen LogP contribution >= 0.6 is 0 Å². The molecule has 1 aromatic carbocycles. The van der Waals surface area contributed by atoms with Gasteiger partial charge in [-0.3, -0.25) is 0 Å². The Morgan fingerprint density at radius 3 is 2.96 bits per heavy atom. The van der Waals surface area contributed by atoms with Crippen LogP contribution in [-0.2, 0) is 4.74 Å². The number of benzene rings is 1. The van der Waals surface area contributed by atoms with Crippen molar-refractivity contribution in [2.24, 2.45) is 5.41 Å². The van der Waals surface area contributed by atoms with E-state index in [1.807, 2.05) is 24.3 Å². The lowest BCUT2D eigenvalue weighted by Gasteiger charge is -2.42. The van der Waals surface area contributed by atoms with E-state index < -0.39 is 0 Å². The summed E-state index contributed by atoms with van der Waals surface area (Å²) in [5.41, 5.74) is 0.0632. The van der Waals surface area contributed by atoms with Crippen LogP contribution in [0.4, 0.5) is 0 Å². The predicted octanol–water partition coefficient (Wildman–Crippen LogP) is 1.98. The summed E-state index contributed by atoms with van der Waals surface area (Å²) in [4.78, 5) is 0. The summed E-state index contributed by atoms with van der Waals surface area (Å²) in [6.07, 6.45) is 3.07. The second-order valence-corrected chi connectivity index (χ2v) is 6.75. The maximum absolute atomic E-state index is 9.14. The molecule has 2 heterocycles. The molecule has 0 aliphatic carbocycles. The molecule has 0 amide bonds. The zero-order chi connectivity index (χ0) is 16.1. The van der Waals surface area contributed by atoms with Crippen LogP contribution in [0.15, 0.2) is 24.3 Å². The molecule has 2 aliphatic rings. The zero-order valence-electron chi connectivity index (χ0n) is 13.8. The van der Waals surface area contributed by atoms with Gasteiger partial charge in [-0.25, -0.2) is 0 Å². The Labute approximate surface area is 137 Å².